The van der Waals surface area contributed by atoms with Crippen molar-refractivity contribution in [3.63, 3.8) is 0 Å². The Hall–Kier alpha value is -2.40. The summed E-state index contributed by atoms with van der Waals surface area (Å²) in [6.45, 7) is 5.24. The molecule has 286 valence electrons. The molecule has 1 aromatic carbocycles. The third-order valence-electron chi connectivity index (χ3n) is 9.24. The highest BCUT2D eigenvalue weighted by Crippen LogP contribution is 2.30. The van der Waals surface area contributed by atoms with Gasteiger partial charge in [0.05, 0.1) is 0 Å². The molecule has 50 heavy (non-hydrogen) atoms. The molecule has 0 radical (unpaired) electrons. The van der Waals surface area contributed by atoms with Crippen LogP contribution >= 0.6 is 0 Å². The van der Waals surface area contributed by atoms with Crippen molar-refractivity contribution in [1.29, 1.82) is 0 Å². The van der Waals surface area contributed by atoms with E-state index in [1.165, 1.54) is 116 Å². The number of benzene rings is 1. The van der Waals surface area contributed by atoms with E-state index in [0.29, 0.717) is 30.9 Å². The Morgan fingerprint density at radius 3 is 1.26 bits per heavy atom. The largest absolute Gasteiger partial charge is 0.423 e. The molecule has 0 saturated heterocycles. The fourth-order valence-corrected chi connectivity index (χ4v) is 6.21. The van der Waals surface area contributed by atoms with Crippen molar-refractivity contribution in [3.05, 3.63) is 48.1 Å². The van der Waals surface area contributed by atoms with Crippen molar-refractivity contribution in [2.75, 3.05) is 14.1 Å². The maximum Gasteiger partial charge on any atom is 0.311 e. The monoisotopic (exact) mass is 696 g/mol. The van der Waals surface area contributed by atoms with E-state index in [0.717, 1.165) is 56.9 Å². The predicted molar refractivity (Wildman–Crippen MR) is 214 cm³/mol. The van der Waals surface area contributed by atoms with Crippen LogP contribution in [0.4, 0.5) is 0 Å². The summed E-state index contributed by atoms with van der Waals surface area (Å²) in [6, 6.07) is 5.54. The molecule has 1 aromatic rings. The van der Waals surface area contributed by atoms with Crippen molar-refractivity contribution in [2.24, 2.45) is 0 Å². The number of allylic oxidation sites excluding steroid dienone is 4. The van der Waals surface area contributed by atoms with E-state index in [9.17, 15) is 9.59 Å². The molecular formula is C45H77NO4. The molecule has 0 spiro atoms. The number of ether oxygens (including phenoxy) is 2. The number of rotatable bonds is 34. The first kappa shape index (κ1) is 45.6. The number of nitrogens with zero attached hydrogens (tertiary/aromatic N) is 1. The topological polar surface area (TPSA) is 55.8 Å². The lowest BCUT2D eigenvalue weighted by molar-refractivity contribution is -0.137. The second-order valence-electron chi connectivity index (χ2n) is 14.6. The molecule has 5 heteroatoms. The second kappa shape index (κ2) is 33.7. The molecule has 0 unspecified atom stereocenters. The quantitative estimate of drug-likeness (QED) is 0.0311. The Balaban J connectivity index is 2.27. The van der Waals surface area contributed by atoms with E-state index in [1.807, 2.05) is 26.2 Å². The van der Waals surface area contributed by atoms with Gasteiger partial charge in [-0.15, -0.1) is 0 Å². The zero-order valence-corrected chi connectivity index (χ0v) is 33.1. The average Bonchev–Trinajstić information content (AvgIpc) is 3.09. The molecule has 0 N–H and O–H groups in total. The number of hydrogen-bond donors (Lipinski definition) is 0. The van der Waals surface area contributed by atoms with Crippen LogP contribution in [0.3, 0.4) is 0 Å². The summed E-state index contributed by atoms with van der Waals surface area (Å²) in [7, 11) is 4.00. The fourth-order valence-electron chi connectivity index (χ4n) is 6.21. The molecule has 0 heterocycles. The van der Waals surface area contributed by atoms with Crippen LogP contribution in [0.2, 0.25) is 0 Å². The van der Waals surface area contributed by atoms with E-state index < -0.39 is 0 Å². The molecule has 5 nitrogen and oxygen atoms in total. The van der Waals surface area contributed by atoms with Crippen LogP contribution in [-0.2, 0) is 16.1 Å². The van der Waals surface area contributed by atoms with Gasteiger partial charge in [0.25, 0.3) is 0 Å². The Kier molecular flexibility index (Phi) is 30.8. The van der Waals surface area contributed by atoms with E-state index >= 15 is 0 Å². The molecule has 0 aromatic heterocycles. The van der Waals surface area contributed by atoms with Crippen LogP contribution in [0, 0.1) is 0 Å². The van der Waals surface area contributed by atoms with Gasteiger partial charge in [-0.25, -0.2) is 0 Å². The molecule has 0 aliphatic heterocycles. The van der Waals surface area contributed by atoms with Crippen molar-refractivity contribution in [3.8, 4) is 11.5 Å². The third-order valence-corrected chi connectivity index (χ3v) is 9.24. The third kappa shape index (κ3) is 28.3. The first-order chi connectivity index (χ1) is 24.5. The lowest BCUT2D eigenvalue weighted by Gasteiger charge is -2.14. The maximum absolute atomic E-state index is 12.8. The van der Waals surface area contributed by atoms with Gasteiger partial charge < -0.3 is 14.4 Å². The van der Waals surface area contributed by atoms with Crippen LogP contribution in [0.5, 0.6) is 11.5 Å². The lowest BCUT2D eigenvalue weighted by atomic mass is 10.1. The molecule has 0 amide bonds. The van der Waals surface area contributed by atoms with Crippen molar-refractivity contribution in [1.82, 2.24) is 4.90 Å². The van der Waals surface area contributed by atoms with Crippen LogP contribution in [-0.4, -0.2) is 30.9 Å². The van der Waals surface area contributed by atoms with Gasteiger partial charge in [0.2, 0.25) is 0 Å². The molecule has 0 aliphatic rings. The average molecular weight is 696 g/mol. The van der Waals surface area contributed by atoms with Crippen LogP contribution in [0.25, 0.3) is 0 Å². The first-order valence-corrected chi connectivity index (χ1v) is 20.9. The molecular weight excluding hydrogens is 618 g/mol. The highest BCUT2D eigenvalue weighted by molar-refractivity contribution is 5.76. The van der Waals surface area contributed by atoms with E-state index in [2.05, 4.69) is 43.1 Å². The molecule has 0 bridgehead atoms. The first-order valence-electron chi connectivity index (χ1n) is 20.9. The summed E-state index contributed by atoms with van der Waals surface area (Å²) in [5.74, 6) is 0.153. The zero-order chi connectivity index (χ0) is 36.3. The number of carbonyl (C=O) groups excluding carboxylic acids is 2. The van der Waals surface area contributed by atoms with Crippen LogP contribution < -0.4 is 9.47 Å². The summed E-state index contributed by atoms with van der Waals surface area (Å²) < 4.78 is 11.5. The second-order valence-corrected chi connectivity index (χ2v) is 14.6. The number of hydrogen-bond acceptors (Lipinski definition) is 5. The van der Waals surface area contributed by atoms with Crippen molar-refractivity contribution >= 4 is 11.9 Å². The number of esters is 2. The van der Waals surface area contributed by atoms with Gasteiger partial charge in [-0.2, -0.15) is 0 Å². The van der Waals surface area contributed by atoms with Gasteiger partial charge in [0, 0.05) is 19.4 Å². The summed E-state index contributed by atoms with van der Waals surface area (Å²) in [6.07, 6.45) is 41.9. The molecule has 0 aliphatic carbocycles. The minimum atomic E-state index is -0.266. The highest BCUT2D eigenvalue weighted by atomic mass is 16.6. The van der Waals surface area contributed by atoms with Crippen molar-refractivity contribution in [2.45, 2.75) is 200 Å². The number of unbranched alkanes of at least 4 members (excludes halogenated alkanes) is 22. The van der Waals surface area contributed by atoms with E-state index in [4.69, 9.17) is 9.47 Å². The predicted octanol–water partition coefficient (Wildman–Crippen LogP) is 13.6. The molecule has 1 rings (SSSR count). The highest BCUT2D eigenvalue weighted by Gasteiger charge is 2.15. The number of carbonyl (C=O) groups is 2. The zero-order valence-electron chi connectivity index (χ0n) is 33.1. The normalized spacial score (nSPS) is 11.7. The Morgan fingerprint density at radius 2 is 0.860 bits per heavy atom. The van der Waals surface area contributed by atoms with Gasteiger partial charge in [-0.1, -0.05) is 147 Å². The van der Waals surface area contributed by atoms with E-state index in [-0.39, 0.29) is 11.9 Å². The van der Waals surface area contributed by atoms with Gasteiger partial charge >= 0.3 is 11.9 Å². The van der Waals surface area contributed by atoms with Gasteiger partial charge in [0.15, 0.2) is 11.5 Å². The SMILES string of the molecule is CCCCCCCCC=CCCCCCCCC(=O)Oc1ccc(CN(C)C)cc1OC(=O)CCCCCCCC=CCCCCCCCC. The summed E-state index contributed by atoms with van der Waals surface area (Å²) >= 11 is 0. The summed E-state index contributed by atoms with van der Waals surface area (Å²) in [5, 5.41) is 0. The summed E-state index contributed by atoms with van der Waals surface area (Å²) in [5.41, 5.74) is 1.01. The smallest absolute Gasteiger partial charge is 0.311 e. The Morgan fingerprint density at radius 1 is 0.500 bits per heavy atom. The van der Waals surface area contributed by atoms with Crippen LogP contribution in [0.15, 0.2) is 42.5 Å². The van der Waals surface area contributed by atoms with Crippen molar-refractivity contribution < 1.29 is 19.1 Å². The van der Waals surface area contributed by atoms with Gasteiger partial charge in [-0.3, -0.25) is 9.59 Å². The minimum Gasteiger partial charge on any atom is -0.423 e. The Labute approximate surface area is 309 Å². The minimum absolute atomic E-state index is 0.265. The maximum atomic E-state index is 12.8. The summed E-state index contributed by atoms with van der Waals surface area (Å²) in [4.78, 5) is 27.5. The van der Waals surface area contributed by atoms with Crippen LogP contribution in [0.1, 0.15) is 199 Å². The van der Waals surface area contributed by atoms with E-state index in [1.54, 1.807) is 6.07 Å². The standard InChI is InChI=1S/C45H77NO4/c1-5-7-9-11-13-15-17-19-21-23-25-27-29-31-33-35-44(47)49-42-38-37-41(40-46(3)4)39-43(42)50-45(48)36-34-32-30-28-26-24-22-20-18-16-14-12-10-8-6-2/h19-22,37-39H,5-18,23-36,40H2,1-4H3. The molecule has 0 saturated carbocycles. The lowest BCUT2D eigenvalue weighted by Crippen LogP contribution is -2.14. The van der Waals surface area contributed by atoms with Gasteiger partial charge in [-0.05, 0) is 96.0 Å². The fraction of sp³-hybridized carbons (Fsp3) is 0.733. The van der Waals surface area contributed by atoms with Gasteiger partial charge in [0.1, 0.15) is 0 Å². The molecule has 0 atom stereocenters. The molecule has 0 fully saturated rings. The Bertz CT molecular complexity index is 1010.